The standard InChI is InChI=1S/C14H7Cl5S2/c1-4-5(2)12-14(10(18)8(4)16)21-13-7(20-12)3-6(15)9(17)11(13)19/h3H,1-2H3. The Hall–Kier alpha value is 0.590. The van der Waals surface area contributed by atoms with E-state index >= 15 is 0 Å². The molecule has 0 amide bonds. The summed E-state index contributed by atoms with van der Waals surface area (Å²) in [7, 11) is 0. The summed E-state index contributed by atoms with van der Waals surface area (Å²) in [5.74, 6) is 0. The van der Waals surface area contributed by atoms with Crippen molar-refractivity contribution in [2.75, 3.05) is 0 Å². The third-order valence-electron chi connectivity index (χ3n) is 3.33. The van der Waals surface area contributed by atoms with Crippen molar-refractivity contribution in [2.24, 2.45) is 0 Å². The fourth-order valence-electron chi connectivity index (χ4n) is 2.02. The topological polar surface area (TPSA) is 0 Å². The number of hydrogen-bond acceptors (Lipinski definition) is 2. The Morgan fingerprint density at radius 3 is 1.95 bits per heavy atom. The molecular weight excluding hydrogens is 410 g/mol. The van der Waals surface area contributed by atoms with Crippen molar-refractivity contribution in [2.45, 2.75) is 33.4 Å². The average Bonchev–Trinajstić information content (AvgIpc) is 2.47. The molecule has 0 radical (unpaired) electrons. The van der Waals surface area contributed by atoms with Crippen molar-refractivity contribution in [3.63, 3.8) is 0 Å². The van der Waals surface area contributed by atoms with Crippen LogP contribution >= 0.6 is 81.5 Å². The van der Waals surface area contributed by atoms with E-state index in [4.69, 9.17) is 58.0 Å². The van der Waals surface area contributed by atoms with Crippen LogP contribution in [0.1, 0.15) is 11.1 Å². The van der Waals surface area contributed by atoms with Crippen molar-refractivity contribution in [1.82, 2.24) is 0 Å². The predicted octanol–water partition coefficient (Wildman–Crippen LogP) is 8.19. The van der Waals surface area contributed by atoms with Crippen LogP contribution < -0.4 is 0 Å². The molecule has 0 saturated carbocycles. The van der Waals surface area contributed by atoms with Crippen molar-refractivity contribution < 1.29 is 0 Å². The second-order valence-corrected chi connectivity index (χ2v) is 8.55. The summed E-state index contributed by atoms with van der Waals surface area (Å²) in [5, 5.41) is 2.40. The van der Waals surface area contributed by atoms with Crippen LogP contribution in [0.2, 0.25) is 25.1 Å². The molecule has 1 aliphatic heterocycles. The Morgan fingerprint density at radius 1 is 0.667 bits per heavy atom. The quantitative estimate of drug-likeness (QED) is 0.339. The minimum Gasteiger partial charge on any atom is -0.0873 e. The van der Waals surface area contributed by atoms with E-state index in [9.17, 15) is 0 Å². The molecule has 0 saturated heterocycles. The smallest absolute Gasteiger partial charge is 0.0790 e. The van der Waals surface area contributed by atoms with E-state index in [2.05, 4.69) is 0 Å². The number of fused-ring (bicyclic) bond motifs is 2. The highest BCUT2D eigenvalue weighted by molar-refractivity contribution is 8.05. The molecule has 0 fully saturated rings. The zero-order valence-corrected chi connectivity index (χ0v) is 16.2. The maximum atomic E-state index is 6.41. The largest absolute Gasteiger partial charge is 0.0873 e. The van der Waals surface area contributed by atoms with Gasteiger partial charge in [0.25, 0.3) is 0 Å². The SMILES string of the molecule is Cc1c(C)c2c(c(Cl)c1Cl)Sc1c(cc(Cl)c(Cl)c1Cl)S2. The highest BCUT2D eigenvalue weighted by Gasteiger charge is 2.28. The van der Waals surface area contributed by atoms with E-state index in [1.807, 2.05) is 19.9 Å². The lowest BCUT2D eigenvalue weighted by atomic mass is 10.1. The number of rotatable bonds is 0. The highest BCUT2D eigenvalue weighted by Crippen LogP contribution is 2.58. The lowest BCUT2D eigenvalue weighted by Crippen LogP contribution is -1.98. The first-order chi connectivity index (χ1) is 9.82. The van der Waals surface area contributed by atoms with Crippen molar-refractivity contribution in [3.8, 4) is 0 Å². The zero-order chi connectivity index (χ0) is 15.5. The van der Waals surface area contributed by atoms with Crippen molar-refractivity contribution in [1.29, 1.82) is 0 Å². The van der Waals surface area contributed by atoms with Crippen molar-refractivity contribution in [3.05, 3.63) is 42.3 Å². The second-order valence-electron chi connectivity index (χ2n) is 4.55. The fraction of sp³-hybridized carbons (Fsp3) is 0.143. The Labute approximate surface area is 156 Å². The van der Waals surface area contributed by atoms with Crippen molar-refractivity contribution >= 4 is 81.5 Å². The molecule has 110 valence electrons. The molecule has 0 nitrogen and oxygen atoms in total. The van der Waals surface area contributed by atoms with Crippen LogP contribution in [0.5, 0.6) is 0 Å². The van der Waals surface area contributed by atoms with Gasteiger partial charge in [-0.2, -0.15) is 0 Å². The van der Waals surface area contributed by atoms with Gasteiger partial charge in [0, 0.05) is 19.6 Å². The second kappa shape index (κ2) is 5.90. The number of hydrogen-bond donors (Lipinski definition) is 0. The van der Waals surface area contributed by atoms with Gasteiger partial charge in [0.2, 0.25) is 0 Å². The molecule has 0 bridgehead atoms. The van der Waals surface area contributed by atoms with Gasteiger partial charge in [0.15, 0.2) is 0 Å². The molecule has 0 aliphatic carbocycles. The van der Waals surface area contributed by atoms with Gasteiger partial charge < -0.3 is 0 Å². The fourth-order valence-corrected chi connectivity index (χ4v) is 6.21. The monoisotopic (exact) mass is 414 g/mol. The van der Waals surface area contributed by atoms with Gasteiger partial charge in [-0.1, -0.05) is 81.5 Å². The molecule has 0 unspecified atom stereocenters. The molecule has 21 heavy (non-hydrogen) atoms. The minimum absolute atomic E-state index is 0.361. The van der Waals surface area contributed by atoms with Crippen LogP contribution in [0, 0.1) is 13.8 Å². The van der Waals surface area contributed by atoms with E-state index in [1.165, 1.54) is 11.8 Å². The predicted molar refractivity (Wildman–Crippen MR) is 95.7 cm³/mol. The van der Waals surface area contributed by atoms with Crippen LogP contribution in [0.3, 0.4) is 0 Å². The van der Waals surface area contributed by atoms with E-state index in [-0.39, 0.29) is 0 Å². The average molecular weight is 417 g/mol. The van der Waals surface area contributed by atoms with E-state index in [0.29, 0.717) is 25.1 Å². The molecule has 2 aromatic carbocycles. The van der Waals surface area contributed by atoms with Crippen LogP contribution in [-0.4, -0.2) is 0 Å². The van der Waals surface area contributed by atoms with Gasteiger partial charge in [0.05, 0.1) is 25.1 Å². The molecule has 0 spiro atoms. The Kier molecular flexibility index (Phi) is 4.62. The summed E-state index contributed by atoms with van der Waals surface area (Å²) in [6, 6.07) is 1.84. The van der Waals surface area contributed by atoms with Gasteiger partial charge in [-0.25, -0.2) is 0 Å². The first-order valence-electron chi connectivity index (χ1n) is 5.84. The molecule has 2 aromatic rings. The first kappa shape index (κ1) is 16.4. The highest BCUT2D eigenvalue weighted by atomic mass is 35.5. The van der Waals surface area contributed by atoms with Crippen LogP contribution in [0.4, 0.5) is 0 Å². The van der Waals surface area contributed by atoms with E-state index in [1.54, 1.807) is 11.8 Å². The lowest BCUT2D eigenvalue weighted by Gasteiger charge is -2.24. The summed E-state index contributed by atoms with van der Waals surface area (Å²) in [6.45, 7) is 4.00. The van der Waals surface area contributed by atoms with E-state index in [0.717, 1.165) is 30.7 Å². The number of halogens is 5. The molecule has 0 aromatic heterocycles. The lowest BCUT2D eigenvalue weighted by molar-refractivity contribution is 1.09. The maximum Gasteiger partial charge on any atom is 0.0790 e. The van der Waals surface area contributed by atoms with Crippen LogP contribution in [0.25, 0.3) is 0 Å². The van der Waals surface area contributed by atoms with Gasteiger partial charge in [0.1, 0.15) is 0 Å². The summed E-state index contributed by atoms with van der Waals surface area (Å²) in [6.07, 6.45) is 0. The summed E-state index contributed by atoms with van der Waals surface area (Å²) in [4.78, 5) is 3.86. The Morgan fingerprint density at radius 2 is 1.29 bits per heavy atom. The molecule has 0 atom stereocenters. The first-order valence-corrected chi connectivity index (χ1v) is 9.36. The minimum atomic E-state index is 0.361. The van der Waals surface area contributed by atoms with Gasteiger partial charge in [-0.15, -0.1) is 0 Å². The molecule has 0 N–H and O–H groups in total. The van der Waals surface area contributed by atoms with E-state index < -0.39 is 0 Å². The summed E-state index contributed by atoms with van der Waals surface area (Å²) < 4.78 is 0. The molecule has 1 aliphatic rings. The van der Waals surface area contributed by atoms with Gasteiger partial charge in [-0.3, -0.25) is 0 Å². The molecule has 1 heterocycles. The number of benzene rings is 2. The zero-order valence-electron chi connectivity index (χ0n) is 10.8. The molecular formula is C14H7Cl5S2. The summed E-state index contributed by atoms with van der Waals surface area (Å²) in [5.41, 5.74) is 2.10. The third-order valence-corrected chi connectivity index (χ3v) is 8.52. The summed E-state index contributed by atoms with van der Waals surface area (Å²) >= 11 is 34.4. The van der Waals surface area contributed by atoms with Crippen LogP contribution in [-0.2, 0) is 0 Å². The van der Waals surface area contributed by atoms with Gasteiger partial charge >= 0.3 is 0 Å². The van der Waals surface area contributed by atoms with Crippen LogP contribution in [0.15, 0.2) is 25.6 Å². The Balaban J connectivity index is 2.27. The van der Waals surface area contributed by atoms with Gasteiger partial charge in [-0.05, 0) is 31.0 Å². The Bertz CT molecular complexity index is 786. The maximum absolute atomic E-state index is 6.41. The normalized spacial score (nSPS) is 13.1. The third kappa shape index (κ3) is 2.57. The molecule has 3 rings (SSSR count). The molecule has 7 heteroatoms.